The number of carbonyl (C=O) groups is 2. The number of fused-ring (bicyclic) bond motifs is 1. The second-order valence-corrected chi connectivity index (χ2v) is 7.78. The van der Waals surface area contributed by atoms with Crippen LogP contribution in [0.2, 0.25) is 0 Å². The molecule has 1 aromatic heterocycles. The highest BCUT2D eigenvalue weighted by Gasteiger charge is 2.22. The summed E-state index contributed by atoms with van der Waals surface area (Å²) in [6.07, 6.45) is 3.91. The number of hydrogen-bond acceptors (Lipinski definition) is 3. The van der Waals surface area contributed by atoms with Crippen LogP contribution in [-0.2, 0) is 11.3 Å². The van der Waals surface area contributed by atoms with Crippen molar-refractivity contribution < 1.29 is 14.3 Å². The van der Waals surface area contributed by atoms with Gasteiger partial charge in [0.2, 0.25) is 11.7 Å². The summed E-state index contributed by atoms with van der Waals surface area (Å²) in [6, 6.07) is 17.0. The predicted octanol–water partition coefficient (Wildman–Crippen LogP) is 4.16. The first-order valence-electron chi connectivity index (χ1n) is 10.2. The summed E-state index contributed by atoms with van der Waals surface area (Å²) in [5.74, 6) is 1.36. The van der Waals surface area contributed by atoms with Crippen LogP contribution in [-0.4, -0.2) is 40.9 Å². The highest BCUT2D eigenvalue weighted by Crippen LogP contribution is 2.23. The minimum atomic E-state index is -0.0944. The summed E-state index contributed by atoms with van der Waals surface area (Å²) in [7, 11) is 0. The number of ether oxygens (including phenoxy) is 1. The number of para-hydroxylation sites is 2. The van der Waals surface area contributed by atoms with Crippen LogP contribution in [0, 0.1) is 5.92 Å². The van der Waals surface area contributed by atoms with Gasteiger partial charge >= 0.3 is 0 Å². The lowest BCUT2D eigenvalue weighted by Gasteiger charge is -2.30. The fourth-order valence-corrected chi connectivity index (χ4v) is 3.85. The predicted molar refractivity (Wildman–Crippen MR) is 113 cm³/mol. The van der Waals surface area contributed by atoms with E-state index in [0.717, 1.165) is 36.8 Å². The summed E-state index contributed by atoms with van der Waals surface area (Å²) < 4.78 is 7.53. The Morgan fingerprint density at radius 3 is 2.45 bits per heavy atom. The van der Waals surface area contributed by atoms with E-state index >= 15 is 0 Å². The molecule has 0 N–H and O–H groups in total. The van der Waals surface area contributed by atoms with Crippen LogP contribution >= 0.6 is 0 Å². The fraction of sp³-hybridized carbons (Fsp3) is 0.333. The van der Waals surface area contributed by atoms with Gasteiger partial charge in [-0.2, -0.15) is 0 Å². The largest absolute Gasteiger partial charge is 0.485 e. The van der Waals surface area contributed by atoms with Gasteiger partial charge in [0, 0.05) is 35.8 Å². The van der Waals surface area contributed by atoms with Gasteiger partial charge < -0.3 is 14.2 Å². The Morgan fingerprint density at radius 1 is 1.00 bits per heavy atom. The molecule has 5 nitrogen and oxygen atoms in total. The SMILES string of the molecule is CC1CCN(C(=O)Cn2cc(C(=O)COc3ccccc3)c3ccccc32)CC1. The fourth-order valence-electron chi connectivity index (χ4n) is 3.85. The van der Waals surface area contributed by atoms with E-state index in [2.05, 4.69) is 6.92 Å². The van der Waals surface area contributed by atoms with E-state index in [-0.39, 0.29) is 24.8 Å². The zero-order chi connectivity index (χ0) is 20.2. The van der Waals surface area contributed by atoms with Gasteiger partial charge in [0.05, 0.1) is 0 Å². The van der Waals surface area contributed by atoms with Crippen LogP contribution in [0.5, 0.6) is 5.75 Å². The van der Waals surface area contributed by atoms with Crippen molar-refractivity contribution >= 4 is 22.6 Å². The third kappa shape index (κ3) is 4.34. The molecular weight excluding hydrogens is 364 g/mol. The van der Waals surface area contributed by atoms with E-state index in [1.807, 2.05) is 64.1 Å². The molecule has 150 valence electrons. The number of benzene rings is 2. The lowest BCUT2D eigenvalue weighted by Crippen LogP contribution is -2.39. The number of carbonyl (C=O) groups excluding carboxylic acids is 2. The van der Waals surface area contributed by atoms with Crippen LogP contribution in [0.15, 0.2) is 60.8 Å². The van der Waals surface area contributed by atoms with E-state index in [4.69, 9.17) is 4.74 Å². The second kappa shape index (κ2) is 8.52. The molecule has 3 aromatic rings. The first-order chi connectivity index (χ1) is 14.1. The molecule has 1 amide bonds. The molecule has 0 radical (unpaired) electrons. The first-order valence-corrected chi connectivity index (χ1v) is 10.2. The number of likely N-dealkylation sites (tertiary alicyclic amines) is 1. The summed E-state index contributed by atoms with van der Waals surface area (Å²) in [5.41, 5.74) is 1.49. The standard InChI is InChI=1S/C24H26N2O3/c1-18-11-13-25(14-12-18)24(28)16-26-15-21(20-9-5-6-10-22(20)26)23(27)17-29-19-7-3-2-4-8-19/h2-10,15,18H,11-14,16-17H2,1H3. The molecule has 1 aliphatic rings. The average Bonchev–Trinajstić information content (AvgIpc) is 3.12. The minimum Gasteiger partial charge on any atom is -0.485 e. The molecule has 0 aliphatic carbocycles. The Kier molecular flexibility index (Phi) is 5.65. The van der Waals surface area contributed by atoms with Crippen molar-refractivity contribution in [3.05, 3.63) is 66.4 Å². The molecule has 0 bridgehead atoms. The van der Waals surface area contributed by atoms with Crippen LogP contribution < -0.4 is 4.74 Å². The molecule has 1 fully saturated rings. The third-order valence-corrected chi connectivity index (χ3v) is 5.64. The smallest absolute Gasteiger partial charge is 0.242 e. The number of rotatable bonds is 6. The Morgan fingerprint density at radius 2 is 1.69 bits per heavy atom. The maximum absolute atomic E-state index is 12.8. The van der Waals surface area contributed by atoms with Gasteiger partial charge in [-0.05, 0) is 37.0 Å². The van der Waals surface area contributed by atoms with Gasteiger partial charge in [-0.3, -0.25) is 9.59 Å². The van der Waals surface area contributed by atoms with Crippen molar-refractivity contribution in [2.24, 2.45) is 5.92 Å². The Hall–Kier alpha value is -3.08. The topological polar surface area (TPSA) is 51.5 Å². The molecule has 0 saturated carbocycles. The van der Waals surface area contributed by atoms with Gasteiger partial charge in [0.15, 0.2) is 6.61 Å². The molecule has 0 atom stereocenters. The van der Waals surface area contributed by atoms with Crippen LogP contribution in [0.3, 0.4) is 0 Å². The van der Waals surface area contributed by atoms with E-state index in [0.29, 0.717) is 17.2 Å². The number of piperidine rings is 1. The van der Waals surface area contributed by atoms with Crippen molar-refractivity contribution in [3.8, 4) is 5.75 Å². The van der Waals surface area contributed by atoms with E-state index < -0.39 is 0 Å². The molecule has 2 heterocycles. The van der Waals surface area contributed by atoms with Crippen LogP contribution in [0.25, 0.3) is 10.9 Å². The normalized spacial score (nSPS) is 14.9. The number of hydrogen-bond donors (Lipinski definition) is 0. The summed E-state index contributed by atoms with van der Waals surface area (Å²) in [6.45, 7) is 4.08. The Labute approximate surface area is 170 Å². The quantitative estimate of drug-likeness (QED) is 0.594. The van der Waals surface area contributed by atoms with Crippen molar-refractivity contribution in [2.75, 3.05) is 19.7 Å². The number of amides is 1. The van der Waals surface area contributed by atoms with Crippen molar-refractivity contribution in [3.63, 3.8) is 0 Å². The van der Waals surface area contributed by atoms with Crippen molar-refractivity contribution in [1.82, 2.24) is 9.47 Å². The molecular formula is C24H26N2O3. The van der Waals surface area contributed by atoms with Crippen molar-refractivity contribution in [2.45, 2.75) is 26.3 Å². The number of nitrogens with zero attached hydrogens (tertiary/aromatic N) is 2. The Bertz CT molecular complexity index is 1000. The molecule has 4 rings (SSSR count). The molecule has 0 unspecified atom stereocenters. The number of ketones is 1. The molecule has 5 heteroatoms. The monoisotopic (exact) mass is 390 g/mol. The lowest BCUT2D eigenvalue weighted by atomic mass is 9.99. The average molecular weight is 390 g/mol. The van der Waals surface area contributed by atoms with Gasteiger partial charge in [0.25, 0.3) is 0 Å². The van der Waals surface area contributed by atoms with Gasteiger partial charge in [-0.25, -0.2) is 0 Å². The maximum atomic E-state index is 12.8. The summed E-state index contributed by atoms with van der Waals surface area (Å²) in [5, 5.41) is 0.856. The Balaban J connectivity index is 1.52. The maximum Gasteiger partial charge on any atom is 0.242 e. The van der Waals surface area contributed by atoms with Gasteiger partial charge in [-0.1, -0.05) is 43.3 Å². The summed E-state index contributed by atoms with van der Waals surface area (Å²) in [4.78, 5) is 27.6. The van der Waals surface area contributed by atoms with Crippen LogP contribution in [0.4, 0.5) is 0 Å². The molecule has 0 spiro atoms. The van der Waals surface area contributed by atoms with Crippen molar-refractivity contribution in [1.29, 1.82) is 0 Å². The lowest BCUT2D eigenvalue weighted by molar-refractivity contribution is -0.133. The third-order valence-electron chi connectivity index (χ3n) is 5.64. The first kappa shape index (κ1) is 19.2. The zero-order valence-corrected chi connectivity index (χ0v) is 16.7. The molecule has 1 aliphatic heterocycles. The zero-order valence-electron chi connectivity index (χ0n) is 16.7. The summed E-state index contributed by atoms with van der Waals surface area (Å²) >= 11 is 0. The molecule has 29 heavy (non-hydrogen) atoms. The molecule has 2 aromatic carbocycles. The van der Waals surface area contributed by atoms with Gasteiger partial charge in [0.1, 0.15) is 12.3 Å². The number of aromatic nitrogens is 1. The highest BCUT2D eigenvalue weighted by atomic mass is 16.5. The minimum absolute atomic E-state index is 0.0318. The van der Waals surface area contributed by atoms with E-state index in [1.165, 1.54) is 0 Å². The number of Topliss-reactive ketones (excluding diaryl/α,β-unsaturated/α-hetero) is 1. The second-order valence-electron chi connectivity index (χ2n) is 7.78. The van der Waals surface area contributed by atoms with E-state index in [9.17, 15) is 9.59 Å². The molecule has 1 saturated heterocycles. The highest BCUT2D eigenvalue weighted by molar-refractivity contribution is 6.09. The van der Waals surface area contributed by atoms with Gasteiger partial charge in [-0.15, -0.1) is 0 Å². The van der Waals surface area contributed by atoms with E-state index in [1.54, 1.807) is 6.20 Å². The van der Waals surface area contributed by atoms with Crippen LogP contribution in [0.1, 0.15) is 30.1 Å².